The van der Waals surface area contributed by atoms with E-state index in [1.165, 1.54) is 0 Å². The van der Waals surface area contributed by atoms with Crippen molar-refractivity contribution in [1.82, 2.24) is 14.8 Å². The molecule has 1 unspecified atom stereocenters. The minimum Gasteiger partial charge on any atom is -0.639 e. The molecule has 1 aliphatic rings. The maximum Gasteiger partial charge on any atom is 0.317 e. The number of pyridine rings is 1. The quantitative estimate of drug-likeness (QED) is 0.264. The molecular formula is C23H33MnN3O7-2. The number of carbonyl (C=O) groups excluding carboxylic acids is 2. The number of rotatable bonds is 11. The molecule has 11 heteroatoms. The van der Waals surface area contributed by atoms with Crippen LogP contribution in [-0.4, -0.2) is 76.6 Å². The molecule has 0 amide bonds. The van der Waals surface area contributed by atoms with Crippen LogP contribution in [0.15, 0.2) is 6.20 Å². The Balaban J connectivity index is 0.00000578. The Labute approximate surface area is 211 Å². The molecule has 1 aromatic rings. The zero-order valence-corrected chi connectivity index (χ0v) is 21.1. The summed E-state index contributed by atoms with van der Waals surface area (Å²) in [5.41, 5.74) is 2.50. The van der Waals surface area contributed by atoms with Crippen LogP contribution >= 0.6 is 0 Å². The first-order chi connectivity index (χ1) is 15.7. The average molecular weight is 518 g/mol. The van der Waals surface area contributed by atoms with Gasteiger partial charge in [0.05, 0.1) is 32.4 Å². The van der Waals surface area contributed by atoms with Crippen LogP contribution in [0.25, 0.3) is 0 Å². The van der Waals surface area contributed by atoms with Gasteiger partial charge in [-0.05, 0) is 26.7 Å². The van der Waals surface area contributed by atoms with Gasteiger partial charge in [0.2, 0.25) is 0 Å². The van der Waals surface area contributed by atoms with Crippen LogP contribution in [0.5, 0.6) is 5.75 Å². The normalized spacial score (nSPS) is 17.7. The number of carbonyl (C=O) groups is 3. The van der Waals surface area contributed by atoms with Crippen molar-refractivity contribution in [2.45, 2.75) is 58.2 Å². The van der Waals surface area contributed by atoms with Crippen molar-refractivity contribution >= 4 is 17.9 Å². The number of carboxylic acids is 1. The van der Waals surface area contributed by atoms with Gasteiger partial charge < -0.3 is 19.3 Å². The molecule has 1 fully saturated rings. The molecule has 34 heavy (non-hydrogen) atoms. The minimum atomic E-state index is -1.05. The molecule has 1 aromatic heterocycles. The third kappa shape index (κ3) is 7.94. The molecule has 1 N–H and O–H groups in total. The van der Waals surface area contributed by atoms with Crippen LogP contribution in [0.2, 0.25) is 0 Å². The Morgan fingerprint density at radius 1 is 1.03 bits per heavy atom. The number of aliphatic carboxylic acids is 1. The SMILES string of the molecule is [CH2-]OC(=O)CN(CC(=O)O)C1CCCC[C@@H]1N(CC(=O)O[CH2-])Cc1ncc(C)c(OC)c1C.[Mn]. The number of carboxylic acid groups (broad SMARTS) is 1. The zero-order valence-electron chi connectivity index (χ0n) is 19.9. The second-order valence-electron chi connectivity index (χ2n) is 8.20. The van der Waals surface area contributed by atoms with Crippen LogP contribution in [0.4, 0.5) is 0 Å². The van der Waals surface area contributed by atoms with Gasteiger partial charge in [0.1, 0.15) is 5.75 Å². The molecule has 2 atom stereocenters. The standard InChI is InChI=1S/C23H33N3O7.Mn/c1-15-10-24-17(16(2)23(15)33-5)11-25(13-21(29)31-3)18-8-6-7-9-19(18)26(12-20(27)28)14-22(30)32-4;/h10,18-19H,3-4,6-9,11-14H2,1-2,5H3,(H,27,28);/q-2;/t18-,19?;/m0./s1. The van der Waals surface area contributed by atoms with Crippen molar-refractivity contribution in [1.29, 1.82) is 0 Å². The van der Waals surface area contributed by atoms with Crippen molar-refractivity contribution < 1.29 is 50.8 Å². The predicted molar refractivity (Wildman–Crippen MR) is 119 cm³/mol. The van der Waals surface area contributed by atoms with E-state index in [9.17, 15) is 19.5 Å². The summed E-state index contributed by atoms with van der Waals surface area (Å²) in [5, 5.41) is 9.43. The third-order valence-corrected chi connectivity index (χ3v) is 6.06. The molecule has 191 valence electrons. The van der Waals surface area contributed by atoms with Crippen LogP contribution in [0.3, 0.4) is 0 Å². The number of aromatic nitrogens is 1. The van der Waals surface area contributed by atoms with E-state index in [0.29, 0.717) is 19.4 Å². The van der Waals surface area contributed by atoms with E-state index in [-0.39, 0.29) is 48.8 Å². The number of nitrogens with zero attached hydrogens (tertiary/aromatic N) is 3. The number of aryl methyl sites for hydroxylation is 1. The molecule has 1 saturated carbocycles. The molecule has 10 nitrogen and oxygen atoms in total. The number of ether oxygens (including phenoxy) is 3. The van der Waals surface area contributed by atoms with E-state index in [1.54, 1.807) is 18.2 Å². The van der Waals surface area contributed by atoms with Gasteiger partial charge in [0.25, 0.3) is 11.9 Å². The summed E-state index contributed by atoms with van der Waals surface area (Å²) in [6.07, 6.45) is 4.88. The first-order valence-electron chi connectivity index (χ1n) is 10.8. The van der Waals surface area contributed by atoms with Gasteiger partial charge in [0.15, 0.2) is 0 Å². The van der Waals surface area contributed by atoms with Gasteiger partial charge in [-0.25, -0.2) is 0 Å². The predicted octanol–water partition coefficient (Wildman–Crippen LogP) is 1.87. The second-order valence-corrected chi connectivity index (χ2v) is 8.20. The van der Waals surface area contributed by atoms with E-state index in [0.717, 1.165) is 35.4 Å². The van der Waals surface area contributed by atoms with Gasteiger partial charge in [-0.1, -0.05) is 12.8 Å². The van der Waals surface area contributed by atoms with Crippen LogP contribution in [0.1, 0.15) is 42.5 Å². The molecular weight excluding hydrogens is 485 g/mol. The van der Waals surface area contributed by atoms with Gasteiger partial charge in [-0.2, -0.15) is 14.2 Å². The van der Waals surface area contributed by atoms with E-state index < -0.39 is 17.9 Å². The average Bonchev–Trinajstić information content (AvgIpc) is 2.79. The summed E-state index contributed by atoms with van der Waals surface area (Å²) < 4.78 is 14.7. The molecule has 0 aromatic carbocycles. The van der Waals surface area contributed by atoms with Crippen molar-refractivity contribution in [2.75, 3.05) is 26.7 Å². The Morgan fingerprint density at radius 3 is 2.06 bits per heavy atom. The topological polar surface area (TPSA) is 119 Å². The van der Waals surface area contributed by atoms with Crippen LogP contribution in [0, 0.1) is 28.1 Å². The molecule has 0 spiro atoms. The van der Waals surface area contributed by atoms with E-state index >= 15 is 0 Å². The van der Waals surface area contributed by atoms with Gasteiger partial charge in [0, 0.05) is 53.0 Å². The van der Waals surface area contributed by atoms with Crippen LogP contribution < -0.4 is 4.74 Å². The van der Waals surface area contributed by atoms with Gasteiger partial charge in [-0.3, -0.25) is 29.2 Å². The first-order valence-corrected chi connectivity index (χ1v) is 10.8. The molecule has 0 saturated heterocycles. The van der Waals surface area contributed by atoms with E-state index in [2.05, 4.69) is 28.7 Å². The van der Waals surface area contributed by atoms with Gasteiger partial charge >= 0.3 is 5.97 Å². The summed E-state index contributed by atoms with van der Waals surface area (Å²) in [7, 11) is 7.95. The van der Waals surface area contributed by atoms with E-state index in [1.807, 2.05) is 18.7 Å². The minimum absolute atomic E-state index is 0. The fourth-order valence-corrected chi connectivity index (χ4v) is 4.54. The van der Waals surface area contributed by atoms with Gasteiger partial charge in [-0.15, -0.1) is 0 Å². The van der Waals surface area contributed by atoms with Crippen molar-refractivity contribution in [3.8, 4) is 5.75 Å². The Kier molecular flexibility index (Phi) is 12.5. The molecule has 0 aliphatic heterocycles. The van der Waals surface area contributed by atoms with E-state index in [4.69, 9.17) is 4.74 Å². The Morgan fingerprint density at radius 2 is 1.56 bits per heavy atom. The summed E-state index contributed by atoms with van der Waals surface area (Å²) >= 11 is 0. The number of hydrogen-bond acceptors (Lipinski definition) is 9. The smallest absolute Gasteiger partial charge is 0.317 e. The number of methoxy groups -OCH3 is 1. The summed E-state index contributed by atoms with van der Waals surface area (Å²) in [4.78, 5) is 43.8. The summed E-state index contributed by atoms with van der Waals surface area (Å²) in [6.45, 7) is 3.54. The Hall–Kier alpha value is -2.20. The summed E-state index contributed by atoms with van der Waals surface area (Å²) in [5.74, 6) is -1.46. The zero-order chi connectivity index (χ0) is 24.5. The maximum atomic E-state index is 12.2. The van der Waals surface area contributed by atoms with Crippen molar-refractivity contribution in [2.24, 2.45) is 0 Å². The number of hydrogen-bond donors (Lipinski definition) is 1. The van der Waals surface area contributed by atoms with Crippen molar-refractivity contribution in [3.05, 3.63) is 37.2 Å². The second kappa shape index (κ2) is 14.3. The molecule has 2 rings (SSSR count). The van der Waals surface area contributed by atoms with Crippen molar-refractivity contribution in [3.63, 3.8) is 0 Å². The monoisotopic (exact) mass is 518 g/mol. The summed E-state index contributed by atoms with van der Waals surface area (Å²) in [6, 6.07) is -0.512. The molecule has 1 aliphatic carbocycles. The first kappa shape index (κ1) is 29.8. The largest absolute Gasteiger partial charge is 0.639 e. The van der Waals surface area contributed by atoms with Crippen LogP contribution in [-0.2, 0) is 47.5 Å². The molecule has 1 heterocycles. The number of esters is 2. The molecule has 0 bridgehead atoms. The Bertz CT molecular complexity index is 852. The molecule has 1 radical (unpaired) electrons. The maximum absolute atomic E-state index is 12.2. The fourth-order valence-electron chi connectivity index (χ4n) is 4.54. The third-order valence-electron chi connectivity index (χ3n) is 6.06. The fraction of sp³-hybridized carbons (Fsp3) is 0.565.